The summed E-state index contributed by atoms with van der Waals surface area (Å²) in [6, 6.07) is 6.17. The van der Waals surface area contributed by atoms with Gasteiger partial charge in [-0.05, 0) is 31.5 Å². The summed E-state index contributed by atoms with van der Waals surface area (Å²) in [6.45, 7) is 2.78. The number of rotatable bonds is 2. The highest BCUT2D eigenvalue weighted by atomic mass is 32.2. The SMILES string of the molecule is CC1=CCN(S(=O)(=O)c2ccc(N)cc2C#N)CC1. The van der Waals surface area contributed by atoms with Gasteiger partial charge in [-0.15, -0.1) is 0 Å². The molecule has 2 N–H and O–H groups in total. The van der Waals surface area contributed by atoms with E-state index >= 15 is 0 Å². The summed E-state index contributed by atoms with van der Waals surface area (Å²) >= 11 is 0. The predicted molar refractivity (Wildman–Crippen MR) is 72.7 cm³/mol. The van der Waals surface area contributed by atoms with Gasteiger partial charge in [-0.1, -0.05) is 11.6 Å². The molecule has 100 valence electrons. The van der Waals surface area contributed by atoms with Crippen molar-refractivity contribution >= 4 is 15.7 Å². The average molecular weight is 277 g/mol. The van der Waals surface area contributed by atoms with Gasteiger partial charge in [-0.25, -0.2) is 8.42 Å². The Morgan fingerprint density at radius 1 is 1.42 bits per heavy atom. The smallest absolute Gasteiger partial charge is 0.244 e. The van der Waals surface area contributed by atoms with E-state index in [1.165, 1.54) is 28.1 Å². The number of sulfonamides is 1. The molecule has 0 bridgehead atoms. The van der Waals surface area contributed by atoms with E-state index < -0.39 is 10.0 Å². The molecule has 1 aromatic rings. The summed E-state index contributed by atoms with van der Waals surface area (Å²) in [4.78, 5) is 0.0251. The standard InChI is InChI=1S/C13H15N3O2S/c1-10-4-6-16(7-5-10)19(17,18)13-3-2-12(15)8-11(13)9-14/h2-4,8H,5-7,15H2,1H3. The van der Waals surface area contributed by atoms with Crippen LogP contribution in [0, 0.1) is 11.3 Å². The molecular formula is C13H15N3O2S. The van der Waals surface area contributed by atoms with Crippen molar-refractivity contribution in [3.8, 4) is 6.07 Å². The van der Waals surface area contributed by atoms with Crippen molar-refractivity contribution in [2.24, 2.45) is 0 Å². The van der Waals surface area contributed by atoms with Crippen LogP contribution in [-0.4, -0.2) is 25.8 Å². The summed E-state index contributed by atoms with van der Waals surface area (Å²) < 4.78 is 26.4. The van der Waals surface area contributed by atoms with Crippen LogP contribution < -0.4 is 5.73 Å². The maximum absolute atomic E-state index is 12.5. The molecule has 5 nitrogen and oxygen atoms in total. The van der Waals surface area contributed by atoms with Crippen LogP contribution in [0.3, 0.4) is 0 Å². The molecule has 1 heterocycles. The van der Waals surface area contributed by atoms with Crippen molar-refractivity contribution in [1.29, 1.82) is 5.26 Å². The predicted octanol–water partition coefficient (Wildman–Crippen LogP) is 1.48. The van der Waals surface area contributed by atoms with Gasteiger partial charge in [0.15, 0.2) is 0 Å². The van der Waals surface area contributed by atoms with Crippen molar-refractivity contribution in [3.63, 3.8) is 0 Å². The van der Waals surface area contributed by atoms with Gasteiger partial charge >= 0.3 is 0 Å². The largest absolute Gasteiger partial charge is 0.399 e. The quantitative estimate of drug-likeness (QED) is 0.655. The first kappa shape index (κ1) is 13.6. The number of hydrogen-bond donors (Lipinski definition) is 1. The second kappa shape index (κ2) is 5.03. The summed E-state index contributed by atoms with van der Waals surface area (Å²) in [5.41, 5.74) is 7.23. The number of nitrogens with zero attached hydrogens (tertiary/aromatic N) is 2. The number of nitriles is 1. The third kappa shape index (κ3) is 2.62. The van der Waals surface area contributed by atoms with E-state index in [1.807, 2.05) is 19.1 Å². The molecule has 0 amide bonds. The molecule has 0 fully saturated rings. The number of nitrogens with two attached hydrogens (primary N) is 1. The van der Waals surface area contributed by atoms with E-state index in [1.54, 1.807) is 0 Å². The first-order valence-corrected chi connectivity index (χ1v) is 7.34. The van der Waals surface area contributed by atoms with Gasteiger partial charge in [0.25, 0.3) is 0 Å². The second-order valence-electron chi connectivity index (χ2n) is 4.53. The van der Waals surface area contributed by atoms with E-state index in [9.17, 15) is 8.42 Å². The number of benzene rings is 1. The highest BCUT2D eigenvalue weighted by Gasteiger charge is 2.27. The zero-order valence-electron chi connectivity index (χ0n) is 10.6. The molecule has 6 heteroatoms. The molecule has 0 saturated carbocycles. The minimum atomic E-state index is -3.63. The lowest BCUT2D eigenvalue weighted by atomic mass is 10.1. The molecule has 1 aliphatic heterocycles. The molecule has 19 heavy (non-hydrogen) atoms. The Kier molecular flexibility index (Phi) is 3.60. The van der Waals surface area contributed by atoms with Crippen LogP contribution in [0.2, 0.25) is 0 Å². The second-order valence-corrected chi connectivity index (χ2v) is 6.44. The van der Waals surface area contributed by atoms with Gasteiger partial charge in [0, 0.05) is 18.8 Å². The van der Waals surface area contributed by atoms with E-state index in [-0.39, 0.29) is 10.5 Å². The van der Waals surface area contributed by atoms with Crippen LogP contribution in [0.1, 0.15) is 18.9 Å². The first-order chi connectivity index (χ1) is 8.95. The highest BCUT2D eigenvalue weighted by molar-refractivity contribution is 7.89. The molecule has 0 saturated heterocycles. The minimum Gasteiger partial charge on any atom is -0.399 e. The topological polar surface area (TPSA) is 87.2 Å². The molecule has 0 radical (unpaired) electrons. The van der Waals surface area contributed by atoms with Crippen molar-refractivity contribution < 1.29 is 8.42 Å². The third-order valence-electron chi connectivity index (χ3n) is 3.14. The molecule has 0 unspecified atom stereocenters. The van der Waals surface area contributed by atoms with Crippen LogP contribution in [0.4, 0.5) is 5.69 Å². The Morgan fingerprint density at radius 3 is 2.74 bits per heavy atom. The average Bonchev–Trinajstić information content (AvgIpc) is 2.38. The van der Waals surface area contributed by atoms with Gasteiger partial charge in [-0.2, -0.15) is 9.57 Å². The molecule has 1 aromatic carbocycles. The molecule has 2 rings (SSSR count). The summed E-state index contributed by atoms with van der Waals surface area (Å²) in [5.74, 6) is 0. The van der Waals surface area contributed by atoms with Crippen molar-refractivity contribution in [1.82, 2.24) is 4.31 Å². The first-order valence-electron chi connectivity index (χ1n) is 5.90. The maximum atomic E-state index is 12.5. The summed E-state index contributed by atoms with van der Waals surface area (Å²) in [7, 11) is -3.63. The molecule has 0 atom stereocenters. The fourth-order valence-corrected chi connectivity index (χ4v) is 3.47. The maximum Gasteiger partial charge on any atom is 0.244 e. The van der Waals surface area contributed by atoms with Gasteiger partial charge in [-0.3, -0.25) is 0 Å². The monoisotopic (exact) mass is 277 g/mol. The highest BCUT2D eigenvalue weighted by Crippen LogP contribution is 2.24. The molecule has 1 aliphatic rings. The normalized spacial score (nSPS) is 16.7. The van der Waals surface area contributed by atoms with Gasteiger partial charge in [0.1, 0.15) is 11.0 Å². The van der Waals surface area contributed by atoms with Crippen LogP contribution >= 0.6 is 0 Å². The van der Waals surface area contributed by atoms with Crippen LogP contribution in [0.15, 0.2) is 34.7 Å². The van der Waals surface area contributed by atoms with Crippen molar-refractivity contribution in [2.45, 2.75) is 18.2 Å². The van der Waals surface area contributed by atoms with Crippen LogP contribution in [0.5, 0.6) is 0 Å². The Labute approximate surface area is 113 Å². The lowest BCUT2D eigenvalue weighted by Gasteiger charge is -2.25. The zero-order valence-corrected chi connectivity index (χ0v) is 11.4. The fraction of sp³-hybridized carbons (Fsp3) is 0.308. The number of nitrogen functional groups attached to an aromatic ring is 1. The molecule has 0 aromatic heterocycles. The molecule has 0 aliphatic carbocycles. The Hall–Kier alpha value is -1.84. The van der Waals surface area contributed by atoms with E-state index in [0.29, 0.717) is 18.8 Å². The summed E-state index contributed by atoms with van der Waals surface area (Å²) in [5, 5.41) is 9.05. The van der Waals surface area contributed by atoms with Crippen LogP contribution in [0.25, 0.3) is 0 Å². The Balaban J connectivity index is 2.44. The van der Waals surface area contributed by atoms with Gasteiger partial charge in [0.05, 0.1) is 5.56 Å². The third-order valence-corrected chi connectivity index (χ3v) is 5.06. The Bertz CT molecular complexity index is 672. The van der Waals surface area contributed by atoms with E-state index in [4.69, 9.17) is 11.0 Å². The minimum absolute atomic E-state index is 0.0251. The Morgan fingerprint density at radius 2 is 2.16 bits per heavy atom. The van der Waals surface area contributed by atoms with Crippen molar-refractivity contribution in [2.75, 3.05) is 18.8 Å². The van der Waals surface area contributed by atoms with Crippen LogP contribution in [-0.2, 0) is 10.0 Å². The van der Waals surface area contributed by atoms with E-state index in [2.05, 4.69) is 0 Å². The van der Waals surface area contributed by atoms with Gasteiger partial charge in [0.2, 0.25) is 10.0 Å². The lowest BCUT2D eigenvalue weighted by Crippen LogP contribution is -2.35. The fourth-order valence-electron chi connectivity index (χ4n) is 1.97. The lowest BCUT2D eigenvalue weighted by molar-refractivity contribution is 0.431. The summed E-state index contributed by atoms with van der Waals surface area (Å²) in [6.07, 6.45) is 2.61. The number of hydrogen-bond acceptors (Lipinski definition) is 4. The molecule has 0 spiro atoms. The molecular weight excluding hydrogens is 262 g/mol. The number of anilines is 1. The zero-order chi connectivity index (χ0) is 14.0. The van der Waals surface area contributed by atoms with E-state index in [0.717, 1.165) is 6.42 Å². The van der Waals surface area contributed by atoms with Crippen molar-refractivity contribution in [3.05, 3.63) is 35.4 Å². The van der Waals surface area contributed by atoms with Gasteiger partial charge < -0.3 is 5.73 Å².